The average Bonchev–Trinajstić information content (AvgIpc) is 3.13. The van der Waals surface area contributed by atoms with Crippen molar-refractivity contribution in [2.24, 2.45) is 12.5 Å². The van der Waals surface area contributed by atoms with Crippen molar-refractivity contribution in [3.8, 4) is 0 Å². The van der Waals surface area contributed by atoms with Crippen molar-refractivity contribution in [1.82, 2.24) is 19.8 Å². The van der Waals surface area contributed by atoms with Gasteiger partial charge in [0.05, 0.1) is 0 Å². The van der Waals surface area contributed by atoms with Crippen molar-refractivity contribution in [2.45, 2.75) is 29.6 Å². The Labute approximate surface area is 193 Å². The van der Waals surface area contributed by atoms with E-state index in [1.807, 2.05) is 18.5 Å². The van der Waals surface area contributed by atoms with E-state index >= 15 is 0 Å². The van der Waals surface area contributed by atoms with Gasteiger partial charge in [-0.1, -0.05) is 42.1 Å². The highest BCUT2D eigenvalue weighted by molar-refractivity contribution is 8.00. The number of hydrogen-bond donors (Lipinski definition) is 3. The van der Waals surface area contributed by atoms with E-state index in [9.17, 15) is 24.6 Å². The Kier molecular flexibility index (Phi) is 6.24. The van der Waals surface area contributed by atoms with Crippen LogP contribution in [0.15, 0.2) is 41.7 Å². The van der Waals surface area contributed by atoms with Crippen LogP contribution < -0.4 is 5.32 Å². The van der Waals surface area contributed by atoms with Crippen LogP contribution in [0.3, 0.4) is 0 Å². The molecule has 3 N–H and O–H groups in total. The van der Waals surface area contributed by atoms with Gasteiger partial charge in [-0.05, 0) is 12.5 Å². The molecule has 2 fully saturated rings. The van der Waals surface area contributed by atoms with Crippen LogP contribution in [-0.2, 0) is 21.4 Å². The van der Waals surface area contributed by atoms with Crippen molar-refractivity contribution >= 4 is 41.3 Å². The largest absolute Gasteiger partial charge is 0.481 e. The first-order chi connectivity index (χ1) is 15.2. The molecule has 1 aromatic carbocycles. The highest BCUT2D eigenvalue weighted by atomic mass is 32.2. The third-order valence-corrected chi connectivity index (χ3v) is 8.84. The summed E-state index contributed by atoms with van der Waals surface area (Å²) >= 11 is 2.70. The van der Waals surface area contributed by atoms with Gasteiger partial charge in [-0.15, -0.1) is 11.8 Å². The Bertz CT molecular complexity index is 1050. The van der Waals surface area contributed by atoms with Gasteiger partial charge in [0, 0.05) is 37.0 Å². The molecule has 11 heteroatoms. The van der Waals surface area contributed by atoms with Gasteiger partial charge in [0.15, 0.2) is 11.3 Å². The molecule has 4 atom stereocenters. The molecule has 9 nitrogen and oxygen atoms in total. The number of imidazole rings is 1. The molecule has 2 aliphatic rings. The quantitative estimate of drug-likeness (QED) is 0.400. The predicted octanol–water partition coefficient (Wildman–Crippen LogP) is 1.03. The number of rotatable bonds is 7. The maximum atomic E-state index is 12.7. The van der Waals surface area contributed by atoms with Crippen LogP contribution >= 0.6 is 23.5 Å². The fraction of sp³-hybridized carbons (Fsp3) is 0.429. The van der Waals surface area contributed by atoms with Crippen LogP contribution in [0.25, 0.3) is 0 Å². The van der Waals surface area contributed by atoms with E-state index in [2.05, 4.69) is 10.3 Å². The zero-order valence-electron chi connectivity index (χ0n) is 17.6. The minimum atomic E-state index is -1.37. The highest BCUT2D eigenvalue weighted by Crippen LogP contribution is 2.44. The number of amides is 2. The number of benzene rings is 1. The number of aryl methyl sites for hydroxylation is 1. The van der Waals surface area contributed by atoms with Crippen molar-refractivity contribution in [1.29, 1.82) is 0 Å². The summed E-state index contributed by atoms with van der Waals surface area (Å²) in [7, 11) is 1.87. The summed E-state index contributed by atoms with van der Waals surface area (Å²) in [4.78, 5) is 43.2. The van der Waals surface area contributed by atoms with Gasteiger partial charge in [-0.25, -0.2) is 4.98 Å². The van der Waals surface area contributed by atoms with Crippen molar-refractivity contribution in [3.63, 3.8) is 0 Å². The van der Waals surface area contributed by atoms with Crippen LogP contribution in [0.4, 0.5) is 0 Å². The van der Waals surface area contributed by atoms with Gasteiger partial charge >= 0.3 is 5.97 Å². The third kappa shape index (κ3) is 4.00. The second-order valence-electron chi connectivity index (χ2n) is 8.08. The topological polar surface area (TPSA) is 125 Å². The second kappa shape index (κ2) is 8.80. The number of aromatic nitrogens is 2. The minimum absolute atomic E-state index is 0.0723. The van der Waals surface area contributed by atoms with E-state index in [1.54, 1.807) is 36.5 Å². The van der Waals surface area contributed by atoms with Gasteiger partial charge in [-0.3, -0.25) is 14.4 Å². The molecule has 2 aliphatic heterocycles. The maximum absolute atomic E-state index is 12.7. The summed E-state index contributed by atoms with van der Waals surface area (Å²) < 4.78 is 1.90. The number of aliphatic hydroxyl groups is 1. The fourth-order valence-electron chi connectivity index (χ4n) is 3.73. The van der Waals surface area contributed by atoms with Gasteiger partial charge in [-0.2, -0.15) is 0 Å². The van der Waals surface area contributed by atoms with Crippen LogP contribution in [0, 0.1) is 12.3 Å². The first-order valence-electron chi connectivity index (χ1n) is 10.0. The molecule has 3 unspecified atom stereocenters. The number of carboxylic acids is 1. The summed E-state index contributed by atoms with van der Waals surface area (Å²) in [5.74, 6) is -1.35. The fourth-order valence-corrected chi connectivity index (χ4v) is 6.59. The summed E-state index contributed by atoms with van der Waals surface area (Å²) in [6, 6.07) is 7.71. The van der Waals surface area contributed by atoms with Crippen LogP contribution in [-0.4, -0.2) is 71.9 Å². The van der Waals surface area contributed by atoms with Crippen LogP contribution in [0.1, 0.15) is 17.4 Å². The number of nitrogens with one attached hydrogen (secondary N) is 1. The lowest BCUT2D eigenvalue weighted by Gasteiger charge is -2.53. The summed E-state index contributed by atoms with van der Waals surface area (Å²) in [5.41, 5.74) is 0.306. The smallest absolute Gasteiger partial charge is 0.313 e. The van der Waals surface area contributed by atoms with Crippen molar-refractivity contribution < 1.29 is 24.6 Å². The molecule has 0 bridgehead atoms. The molecule has 32 heavy (non-hydrogen) atoms. The van der Waals surface area contributed by atoms with Gasteiger partial charge in [0.2, 0.25) is 5.91 Å². The van der Waals surface area contributed by atoms with Gasteiger partial charge in [0.1, 0.15) is 16.8 Å². The van der Waals surface area contributed by atoms with E-state index in [-0.39, 0.29) is 23.6 Å². The number of nitrogens with zero attached hydrogens (tertiary/aromatic N) is 3. The molecule has 1 aromatic heterocycles. The van der Waals surface area contributed by atoms with Crippen molar-refractivity contribution in [2.75, 3.05) is 18.1 Å². The SMILES string of the molecule is Cc1cnc(SCC2(C(=O)O)CS[C@@H]3C(NC(=O)C(O)c4ccccc4)C(=O)N3C2)n1C. The lowest BCUT2D eigenvalue weighted by Crippen LogP contribution is -2.74. The summed E-state index contributed by atoms with van der Waals surface area (Å²) in [5, 5.41) is 23.2. The number of carboxylic acid groups (broad SMARTS) is 1. The normalized spacial score (nSPS) is 25.6. The van der Waals surface area contributed by atoms with Crippen LogP contribution in [0.2, 0.25) is 0 Å². The molecular weight excluding hydrogens is 452 g/mol. The predicted molar refractivity (Wildman–Crippen MR) is 120 cm³/mol. The number of β-lactam (4-membered cyclic amide) rings is 1. The number of aliphatic hydroxyl groups excluding tert-OH is 1. The second-order valence-corrected chi connectivity index (χ2v) is 10.1. The maximum Gasteiger partial charge on any atom is 0.313 e. The molecule has 0 radical (unpaired) electrons. The molecular formula is C21H24N4O5S2. The first kappa shape index (κ1) is 22.7. The molecule has 0 spiro atoms. The van der Waals surface area contributed by atoms with Gasteiger partial charge < -0.3 is 25.0 Å². The summed E-state index contributed by atoms with van der Waals surface area (Å²) in [6.45, 7) is 2.00. The Balaban J connectivity index is 1.40. The number of fused-ring (bicyclic) bond motifs is 1. The number of thioether (sulfide) groups is 2. The molecule has 0 aliphatic carbocycles. The molecule has 3 heterocycles. The first-order valence-corrected chi connectivity index (χ1v) is 12.1. The average molecular weight is 477 g/mol. The van der Waals surface area contributed by atoms with Crippen LogP contribution in [0.5, 0.6) is 0 Å². The third-order valence-electron chi connectivity index (χ3n) is 5.92. The molecule has 0 saturated carbocycles. The number of carbonyl (C=O) groups excluding carboxylic acids is 2. The number of hydrogen-bond acceptors (Lipinski definition) is 7. The monoisotopic (exact) mass is 476 g/mol. The van der Waals surface area contributed by atoms with Crippen molar-refractivity contribution in [3.05, 3.63) is 47.8 Å². The molecule has 4 rings (SSSR count). The Hall–Kier alpha value is -2.50. The Morgan fingerprint density at radius 3 is 2.72 bits per heavy atom. The van der Waals surface area contributed by atoms with E-state index in [4.69, 9.17) is 0 Å². The molecule has 170 valence electrons. The molecule has 2 amide bonds. The van der Waals surface area contributed by atoms with Gasteiger partial charge in [0.25, 0.3) is 5.91 Å². The highest BCUT2D eigenvalue weighted by Gasteiger charge is 2.57. The Morgan fingerprint density at radius 2 is 2.09 bits per heavy atom. The lowest BCUT2D eigenvalue weighted by molar-refractivity contribution is -0.158. The van der Waals surface area contributed by atoms with E-state index in [0.717, 1.165) is 10.9 Å². The Morgan fingerprint density at radius 1 is 1.38 bits per heavy atom. The van der Waals surface area contributed by atoms with E-state index in [1.165, 1.54) is 28.4 Å². The number of aliphatic carboxylic acids is 1. The standard InChI is InChI=1S/C21H24N4O5S2/c1-12-8-22-20(24(12)2)32-11-21(19(29)30)9-25-17(28)14(18(25)31-10-21)23-16(27)15(26)13-6-4-3-5-7-13/h3-8,14-15,18,26H,9-11H2,1-2H3,(H,23,27)(H,29,30)/t14?,15?,18-,21?/m1/s1. The lowest BCUT2D eigenvalue weighted by atomic mass is 9.89. The minimum Gasteiger partial charge on any atom is -0.481 e. The molecule has 2 aromatic rings. The molecule has 2 saturated heterocycles. The van der Waals surface area contributed by atoms with E-state index < -0.39 is 29.4 Å². The zero-order chi connectivity index (χ0) is 23.0. The number of carbonyl (C=O) groups is 3. The van der Waals surface area contributed by atoms with E-state index in [0.29, 0.717) is 11.3 Å². The zero-order valence-corrected chi connectivity index (χ0v) is 19.2. The summed E-state index contributed by atoms with van der Waals surface area (Å²) in [6.07, 6.45) is 0.361.